The van der Waals surface area contributed by atoms with Gasteiger partial charge in [-0.1, -0.05) is 0 Å². The fraction of sp³-hybridized carbons (Fsp3) is 0.909. The number of piperidine rings is 1. The van der Waals surface area contributed by atoms with E-state index in [-0.39, 0.29) is 12.1 Å². The first-order chi connectivity index (χ1) is 13.9. The Labute approximate surface area is 175 Å². The highest BCUT2D eigenvalue weighted by Gasteiger charge is 2.51. The fourth-order valence-electron chi connectivity index (χ4n) is 6.28. The van der Waals surface area contributed by atoms with Gasteiger partial charge in [0.2, 0.25) is 0 Å². The molecule has 0 aromatic carbocycles. The SMILES string of the molecule is CCOC(=O)N1CCC2(CC(N3CCC(C4CCCN4C(=O)N(C)C)CC3)C2)C1. The summed E-state index contributed by atoms with van der Waals surface area (Å²) in [5, 5.41) is 0. The predicted octanol–water partition coefficient (Wildman–Crippen LogP) is 2.86. The highest BCUT2D eigenvalue weighted by molar-refractivity contribution is 5.74. The molecule has 4 rings (SSSR count). The van der Waals surface area contributed by atoms with Crippen molar-refractivity contribution in [2.24, 2.45) is 11.3 Å². The highest BCUT2D eigenvalue weighted by atomic mass is 16.6. The van der Waals surface area contributed by atoms with Gasteiger partial charge in [0.15, 0.2) is 0 Å². The molecule has 29 heavy (non-hydrogen) atoms. The van der Waals surface area contributed by atoms with Crippen molar-refractivity contribution in [1.29, 1.82) is 0 Å². The van der Waals surface area contributed by atoms with Gasteiger partial charge < -0.3 is 24.3 Å². The van der Waals surface area contributed by atoms with Crippen LogP contribution in [0, 0.1) is 11.3 Å². The molecule has 1 unspecified atom stereocenters. The number of rotatable bonds is 3. The lowest BCUT2D eigenvalue weighted by Crippen LogP contribution is -2.55. The van der Waals surface area contributed by atoms with Crippen molar-refractivity contribution in [2.45, 2.75) is 64.0 Å². The van der Waals surface area contributed by atoms with Crippen LogP contribution in [0.4, 0.5) is 9.59 Å². The molecule has 4 fully saturated rings. The summed E-state index contributed by atoms with van der Waals surface area (Å²) in [7, 11) is 3.72. The van der Waals surface area contributed by atoms with E-state index >= 15 is 0 Å². The third-order valence-electron chi connectivity index (χ3n) is 7.86. The van der Waals surface area contributed by atoms with E-state index in [2.05, 4.69) is 9.80 Å². The minimum absolute atomic E-state index is 0.137. The lowest BCUT2D eigenvalue weighted by Gasteiger charge is -2.52. The first kappa shape index (κ1) is 20.8. The number of ether oxygens (including phenoxy) is 1. The van der Waals surface area contributed by atoms with Crippen molar-refractivity contribution in [1.82, 2.24) is 19.6 Å². The quantitative estimate of drug-likeness (QED) is 0.723. The summed E-state index contributed by atoms with van der Waals surface area (Å²) in [6.45, 7) is 7.30. The minimum atomic E-state index is -0.137. The second-order valence-electron chi connectivity index (χ2n) is 9.89. The molecule has 3 amide bonds. The smallest absolute Gasteiger partial charge is 0.409 e. The van der Waals surface area contributed by atoms with Crippen LogP contribution in [-0.4, -0.2) is 97.2 Å². The number of carbonyl (C=O) groups is 2. The monoisotopic (exact) mass is 406 g/mol. The van der Waals surface area contributed by atoms with Gasteiger partial charge in [-0.25, -0.2) is 9.59 Å². The Hall–Kier alpha value is -1.50. The molecule has 164 valence electrons. The highest BCUT2D eigenvalue weighted by Crippen LogP contribution is 2.51. The fourth-order valence-corrected chi connectivity index (χ4v) is 6.28. The van der Waals surface area contributed by atoms with Crippen LogP contribution in [0.5, 0.6) is 0 Å². The molecule has 7 nitrogen and oxygen atoms in total. The lowest BCUT2D eigenvalue weighted by molar-refractivity contribution is -0.0147. The molecule has 0 bridgehead atoms. The molecule has 0 aromatic rings. The largest absolute Gasteiger partial charge is 0.450 e. The van der Waals surface area contributed by atoms with Crippen LogP contribution in [0.3, 0.4) is 0 Å². The predicted molar refractivity (Wildman–Crippen MR) is 112 cm³/mol. The molecule has 0 radical (unpaired) electrons. The number of hydrogen-bond donors (Lipinski definition) is 0. The molecule has 1 spiro atoms. The Bertz CT molecular complexity index is 611. The first-order valence-electron chi connectivity index (χ1n) is 11.6. The zero-order chi connectivity index (χ0) is 20.6. The van der Waals surface area contributed by atoms with E-state index in [0.29, 0.717) is 30.0 Å². The van der Waals surface area contributed by atoms with E-state index in [1.807, 2.05) is 25.9 Å². The average Bonchev–Trinajstić information content (AvgIpc) is 3.34. The molecule has 3 saturated heterocycles. The number of amides is 3. The van der Waals surface area contributed by atoms with E-state index < -0.39 is 0 Å². The normalized spacial score (nSPS) is 33.2. The summed E-state index contributed by atoms with van der Waals surface area (Å²) in [6, 6.07) is 1.30. The van der Waals surface area contributed by atoms with Gasteiger partial charge in [-0.2, -0.15) is 0 Å². The molecule has 3 aliphatic heterocycles. The Morgan fingerprint density at radius 3 is 2.45 bits per heavy atom. The van der Waals surface area contributed by atoms with E-state index in [0.717, 1.165) is 45.6 Å². The molecule has 0 aromatic heterocycles. The van der Waals surface area contributed by atoms with Gasteiger partial charge in [-0.05, 0) is 76.3 Å². The van der Waals surface area contributed by atoms with Crippen molar-refractivity contribution < 1.29 is 14.3 Å². The standard InChI is InChI=1S/C22H38N4O3/c1-4-29-21(28)25-13-9-22(16-25)14-18(15-22)24-11-7-17(8-12-24)19-6-5-10-26(19)20(27)23(2)3/h17-19H,4-16H2,1-3H3. The molecular weight excluding hydrogens is 368 g/mol. The molecular formula is C22H38N4O3. The van der Waals surface area contributed by atoms with Gasteiger partial charge in [-0.3, -0.25) is 0 Å². The van der Waals surface area contributed by atoms with Crippen LogP contribution in [0.25, 0.3) is 0 Å². The van der Waals surface area contributed by atoms with Crippen LogP contribution in [0.15, 0.2) is 0 Å². The minimum Gasteiger partial charge on any atom is -0.450 e. The molecule has 0 N–H and O–H groups in total. The Balaban J connectivity index is 1.23. The average molecular weight is 407 g/mol. The Morgan fingerprint density at radius 2 is 1.79 bits per heavy atom. The number of hydrogen-bond acceptors (Lipinski definition) is 4. The van der Waals surface area contributed by atoms with Gasteiger partial charge in [0.1, 0.15) is 0 Å². The Morgan fingerprint density at radius 1 is 1.07 bits per heavy atom. The zero-order valence-electron chi connectivity index (χ0n) is 18.4. The maximum absolute atomic E-state index is 12.5. The van der Waals surface area contributed by atoms with E-state index in [1.54, 1.807) is 4.90 Å². The summed E-state index contributed by atoms with van der Waals surface area (Å²) in [5.41, 5.74) is 0.342. The molecule has 7 heteroatoms. The maximum atomic E-state index is 12.5. The third kappa shape index (κ3) is 4.07. The van der Waals surface area contributed by atoms with Gasteiger partial charge in [0.25, 0.3) is 0 Å². The lowest BCUT2D eigenvalue weighted by atomic mass is 9.64. The summed E-state index contributed by atoms with van der Waals surface area (Å²) >= 11 is 0. The summed E-state index contributed by atoms with van der Waals surface area (Å²) in [5.74, 6) is 0.650. The van der Waals surface area contributed by atoms with E-state index in [1.165, 1.54) is 32.1 Å². The summed E-state index contributed by atoms with van der Waals surface area (Å²) in [4.78, 5) is 32.9. The van der Waals surface area contributed by atoms with Crippen LogP contribution >= 0.6 is 0 Å². The van der Waals surface area contributed by atoms with Crippen LogP contribution < -0.4 is 0 Å². The van der Waals surface area contributed by atoms with Crippen molar-refractivity contribution >= 4 is 12.1 Å². The van der Waals surface area contributed by atoms with E-state index in [4.69, 9.17) is 4.74 Å². The van der Waals surface area contributed by atoms with Gasteiger partial charge >= 0.3 is 12.1 Å². The van der Waals surface area contributed by atoms with Crippen molar-refractivity contribution in [3.05, 3.63) is 0 Å². The van der Waals surface area contributed by atoms with Crippen LogP contribution in [0.1, 0.15) is 51.9 Å². The maximum Gasteiger partial charge on any atom is 0.409 e. The molecule has 1 saturated carbocycles. The second kappa shape index (κ2) is 8.32. The van der Waals surface area contributed by atoms with Gasteiger partial charge in [-0.15, -0.1) is 0 Å². The zero-order valence-corrected chi connectivity index (χ0v) is 18.4. The van der Waals surface area contributed by atoms with Gasteiger partial charge in [0.05, 0.1) is 6.61 Å². The number of carbonyl (C=O) groups excluding carboxylic acids is 2. The summed E-state index contributed by atoms with van der Waals surface area (Å²) in [6.07, 6.45) is 8.17. The molecule has 1 atom stereocenters. The van der Waals surface area contributed by atoms with E-state index in [9.17, 15) is 9.59 Å². The molecule has 3 heterocycles. The number of nitrogens with zero attached hydrogens (tertiary/aromatic N) is 4. The molecule has 1 aliphatic carbocycles. The van der Waals surface area contributed by atoms with Crippen LogP contribution in [0.2, 0.25) is 0 Å². The van der Waals surface area contributed by atoms with Crippen molar-refractivity contribution in [2.75, 3.05) is 53.4 Å². The van der Waals surface area contributed by atoms with Gasteiger partial charge in [0, 0.05) is 45.8 Å². The van der Waals surface area contributed by atoms with Crippen molar-refractivity contribution in [3.8, 4) is 0 Å². The topological polar surface area (TPSA) is 56.3 Å². The third-order valence-corrected chi connectivity index (χ3v) is 7.86. The molecule has 4 aliphatic rings. The number of urea groups is 1. The van der Waals surface area contributed by atoms with Crippen molar-refractivity contribution in [3.63, 3.8) is 0 Å². The Kier molecular flexibility index (Phi) is 5.96. The summed E-state index contributed by atoms with van der Waals surface area (Å²) < 4.78 is 5.18. The first-order valence-corrected chi connectivity index (χ1v) is 11.6. The number of likely N-dealkylation sites (tertiary alicyclic amines) is 3. The van der Waals surface area contributed by atoms with Crippen LogP contribution in [-0.2, 0) is 4.74 Å². The second-order valence-corrected chi connectivity index (χ2v) is 9.89.